The Morgan fingerprint density at radius 1 is 0.875 bits per heavy atom. The number of nitrogens with one attached hydrogen (secondary N) is 2. The molecule has 4 atom stereocenters. The van der Waals surface area contributed by atoms with Gasteiger partial charge in [-0.05, 0) is 79.7 Å². The molecule has 1 saturated carbocycles. The van der Waals surface area contributed by atoms with E-state index in [1.165, 1.54) is 27.8 Å². The highest BCUT2D eigenvalue weighted by molar-refractivity contribution is 5.79. The van der Waals surface area contributed by atoms with Crippen molar-refractivity contribution in [3.63, 3.8) is 0 Å². The van der Waals surface area contributed by atoms with Gasteiger partial charge in [0.2, 0.25) is 0 Å². The summed E-state index contributed by atoms with van der Waals surface area (Å²) in [6.45, 7) is 8.01. The average Bonchev–Trinajstić information content (AvgIpc) is 3.61. The van der Waals surface area contributed by atoms with Crippen LogP contribution in [0, 0.1) is 11.8 Å². The van der Waals surface area contributed by atoms with Gasteiger partial charge in [0.05, 0.1) is 0 Å². The van der Waals surface area contributed by atoms with Crippen LogP contribution in [-0.2, 0) is 15.9 Å². The third-order valence-corrected chi connectivity index (χ3v) is 8.09. The van der Waals surface area contributed by atoms with Gasteiger partial charge in [-0.1, -0.05) is 85.8 Å². The van der Waals surface area contributed by atoms with Crippen LogP contribution < -0.4 is 10.6 Å². The lowest BCUT2D eigenvalue weighted by Crippen LogP contribution is -2.42. The van der Waals surface area contributed by atoms with E-state index >= 15 is 0 Å². The van der Waals surface area contributed by atoms with E-state index in [0.717, 1.165) is 19.3 Å². The van der Waals surface area contributed by atoms with Crippen molar-refractivity contribution in [1.29, 1.82) is 0 Å². The highest BCUT2D eigenvalue weighted by Crippen LogP contribution is 2.44. The molecule has 0 aliphatic heterocycles. The van der Waals surface area contributed by atoms with Crippen molar-refractivity contribution in [3.8, 4) is 11.1 Å². The predicted octanol–water partition coefficient (Wildman–Crippen LogP) is 7.08. The molecule has 2 aliphatic carbocycles. The third-order valence-electron chi connectivity index (χ3n) is 8.09. The molecule has 0 spiro atoms. The highest BCUT2D eigenvalue weighted by Gasteiger charge is 2.45. The molecule has 0 saturated heterocycles. The first kappa shape index (κ1) is 27.8. The zero-order chi connectivity index (χ0) is 28.3. The number of carbonyl (C=O) groups excluding carboxylic acids is 2. The second-order valence-corrected chi connectivity index (χ2v) is 12.1. The minimum absolute atomic E-state index is 0.0178. The lowest BCUT2D eigenvalue weighted by Gasteiger charge is -2.26. The summed E-state index contributed by atoms with van der Waals surface area (Å²) in [5, 5.41) is 6.19. The van der Waals surface area contributed by atoms with Gasteiger partial charge < -0.3 is 20.1 Å². The zero-order valence-electron chi connectivity index (χ0n) is 23.9. The van der Waals surface area contributed by atoms with E-state index in [9.17, 15) is 9.59 Å². The molecule has 3 aromatic rings. The van der Waals surface area contributed by atoms with Crippen LogP contribution in [0.4, 0.5) is 9.59 Å². The average molecular weight is 541 g/mol. The molecule has 0 bridgehead atoms. The largest absolute Gasteiger partial charge is 0.449 e. The Balaban J connectivity index is 1.22. The summed E-state index contributed by atoms with van der Waals surface area (Å²) in [5.74, 6) is 0.440. The van der Waals surface area contributed by atoms with Gasteiger partial charge in [-0.25, -0.2) is 9.59 Å². The van der Waals surface area contributed by atoms with Gasteiger partial charge >= 0.3 is 12.2 Å². The smallest absolute Gasteiger partial charge is 0.407 e. The van der Waals surface area contributed by atoms with Gasteiger partial charge in [-0.3, -0.25) is 0 Å². The molecular weight excluding hydrogens is 500 g/mol. The molecule has 0 unspecified atom stereocenters. The molecule has 210 valence electrons. The number of alkyl carbamates (subject to hydrolysis) is 2. The van der Waals surface area contributed by atoms with Gasteiger partial charge in [0.1, 0.15) is 12.2 Å². The van der Waals surface area contributed by atoms with Crippen LogP contribution in [0.15, 0.2) is 78.9 Å². The fourth-order valence-electron chi connectivity index (χ4n) is 5.94. The molecule has 0 aromatic heterocycles. The normalized spacial score (nSPS) is 19.1. The second-order valence-electron chi connectivity index (χ2n) is 12.1. The Bertz CT molecular complexity index is 1290. The van der Waals surface area contributed by atoms with Crippen molar-refractivity contribution in [3.05, 3.63) is 95.6 Å². The Morgan fingerprint density at radius 3 is 2.10 bits per heavy atom. The Morgan fingerprint density at radius 2 is 1.48 bits per heavy atom. The van der Waals surface area contributed by atoms with E-state index in [1.54, 1.807) is 0 Å². The first-order valence-corrected chi connectivity index (χ1v) is 14.3. The van der Waals surface area contributed by atoms with E-state index in [0.29, 0.717) is 0 Å². The van der Waals surface area contributed by atoms with Gasteiger partial charge in [-0.15, -0.1) is 0 Å². The SMILES string of the molecule is C[C@H]([C@@H]1C[C@@H]1NC(=O)OC(C)(C)C)[C@@H](CCc1ccccc1)NC(=O)OCC1c2ccccc2-c2ccccc21. The number of ether oxygens (including phenoxy) is 2. The van der Waals surface area contributed by atoms with Crippen LogP contribution in [0.5, 0.6) is 0 Å². The van der Waals surface area contributed by atoms with E-state index in [-0.39, 0.29) is 36.4 Å². The van der Waals surface area contributed by atoms with Crippen LogP contribution in [-0.4, -0.2) is 36.5 Å². The molecule has 1 fully saturated rings. The lowest BCUT2D eigenvalue weighted by molar-refractivity contribution is 0.0518. The molecule has 2 N–H and O–H groups in total. The number of amides is 2. The van der Waals surface area contributed by atoms with Crippen molar-refractivity contribution in [2.75, 3.05) is 6.61 Å². The molecule has 6 heteroatoms. The predicted molar refractivity (Wildman–Crippen MR) is 157 cm³/mol. The summed E-state index contributed by atoms with van der Waals surface area (Å²) in [6.07, 6.45) is 1.71. The van der Waals surface area contributed by atoms with Crippen LogP contribution in [0.3, 0.4) is 0 Å². The number of benzene rings is 3. The van der Waals surface area contributed by atoms with Crippen molar-refractivity contribution in [2.45, 2.75) is 70.6 Å². The number of aryl methyl sites for hydroxylation is 1. The maximum atomic E-state index is 13.2. The summed E-state index contributed by atoms with van der Waals surface area (Å²) in [4.78, 5) is 25.5. The van der Waals surface area contributed by atoms with E-state index in [2.05, 4.69) is 54.0 Å². The van der Waals surface area contributed by atoms with Gasteiger partial charge in [0.15, 0.2) is 0 Å². The van der Waals surface area contributed by atoms with Crippen LogP contribution in [0.1, 0.15) is 63.1 Å². The fourth-order valence-corrected chi connectivity index (χ4v) is 5.94. The topological polar surface area (TPSA) is 76.7 Å². The first-order chi connectivity index (χ1) is 19.2. The van der Waals surface area contributed by atoms with Gasteiger partial charge in [-0.2, -0.15) is 0 Å². The van der Waals surface area contributed by atoms with E-state index < -0.39 is 17.8 Å². The van der Waals surface area contributed by atoms with Crippen molar-refractivity contribution in [2.24, 2.45) is 11.8 Å². The van der Waals surface area contributed by atoms with Crippen LogP contribution >= 0.6 is 0 Å². The fraction of sp³-hybridized carbons (Fsp3) is 0.412. The number of rotatable bonds is 9. The molecule has 5 rings (SSSR count). The molecule has 2 amide bonds. The third kappa shape index (κ3) is 6.67. The Labute approximate surface area is 237 Å². The highest BCUT2D eigenvalue weighted by atomic mass is 16.6. The number of hydrogen-bond donors (Lipinski definition) is 2. The number of fused-ring (bicyclic) bond motifs is 3. The summed E-state index contributed by atoms with van der Waals surface area (Å²) < 4.78 is 11.3. The first-order valence-electron chi connectivity index (χ1n) is 14.3. The summed E-state index contributed by atoms with van der Waals surface area (Å²) in [7, 11) is 0. The Hall–Kier alpha value is -3.80. The van der Waals surface area contributed by atoms with Gasteiger partial charge in [0.25, 0.3) is 0 Å². The van der Waals surface area contributed by atoms with E-state index in [4.69, 9.17) is 9.47 Å². The summed E-state index contributed by atoms with van der Waals surface area (Å²) >= 11 is 0. The Kier molecular flexibility index (Phi) is 8.15. The molecule has 40 heavy (non-hydrogen) atoms. The monoisotopic (exact) mass is 540 g/mol. The zero-order valence-corrected chi connectivity index (χ0v) is 23.9. The quantitative estimate of drug-likeness (QED) is 0.304. The number of hydrogen-bond acceptors (Lipinski definition) is 4. The molecule has 6 nitrogen and oxygen atoms in total. The maximum Gasteiger partial charge on any atom is 0.407 e. The van der Waals surface area contributed by atoms with Crippen LogP contribution in [0.25, 0.3) is 11.1 Å². The van der Waals surface area contributed by atoms with Crippen LogP contribution in [0.2, 0.25) is 0 Å². The van der Waals surface area contributed by atoms with E-state index in [1.807, 2.05) is 63.2 Å². The molecule has 3 aromatic carbocycles. The second kappa shape index (κ2) is 11.7. The maximum absolute atomic E-state index is 13.2. The number of carbonyl (C=O) groups is 2. The molecular formula is C34H40N2O4. The van der Waals surface area contributed by atoms with Gasteiger partial charge in [0, 0.05) is 18.0 Å². The van der Waals surface area contributed by atoms with Crippen molar-refractivity contribution < 1.29 is 19.1 Å². The summed E-state index contributed by atoms with van der Waals surface area (Å²) in [6, 6.07) is 26.9. The molecule has 0 radical (unpaired) electrons. The van der Waals surface area contributed by atoms with Crippen molar-refractivity contribution in [1.82, 2.24) is 10.6 Å². The summed E-state index contributed by atoms with van der Waals surface area (Å²) in [5.41, 5.74) is 5.49. The molecule has 0 heterocycles. The minimum Gasteiger partial charge on any atom is -0.449 e. The van der Waals surface area contributed by atoms with Crippen molar-refractivity contribution >= 4 is 12.2 Å². The molecule has 2 aliphatic rings. The minimum atomic E-state index is -0.538. The lowest BCUT2D eigenvalue weighted by atomic mass is 9.91. The standard InChI is InChI=1S/C34H40N2O4/c1-22(28-20-31(28)36-33(38)40-34(2,3)4)30(19-18-23-12-6-5-7-13-23)35-32(37)39-21-29-26-16-10-8-14-24(26)25-15-9-11-17-27(25)29/h5-17,22,28-31H,18-21H2,1-4H3,(H,35,37)(H,36,38)/t22-,28+,30-,31+/m1/s1.